The number of benzene rings is 1. The van der Waals surface area contributed by atoms with Gasteiger partial charge in [-0.15, -0.1) is 22.7 Å². The summed E-state index contributed by atoms with van der Waals surface area (Å²) >= 11 is 5.10. The van der Waals surface area contributed by atoms with Crippen LogP contribution in [0.1, 0.15) is 60.4 Å². The summed E-state index contributed by atoms with van der Waals surface area (Å²) in [6.07, 6.45) is 0. The monoisotopic (exact) mass is 412 g/mol. The molecule has 0 aliphatic rings. The van der Waals surface area contributed by atoms with Crippen molar-refractivity contribution in [2.75, 3.05) is 0 Å². The third-order valence-corrected chi connectivity index (χ3v) is 8.59. The summed E-state index contributed by atoms with van der Waals surface area (Å²) in [5, 5.41) is 0. The molecular weight excluding hydrogens is 388 g/mol. The standard InChI is InChI=1S/C22H24N2S3/c1-11(2)17-9-13(5)21(25-17)15-7-8-16(20-19(15)23-27-24-20)22-14(6)10-18(26-22)12(3)4/h7-12H,1-6H3. The Morgan fingerprint density at radius 2 is 1.11 bits per heavy atom. The Balaban J connectivity index is 1.89. The van der Waals surface area contributed by atoms with E-state index in [-0.39, 0.29) is 0 Å². The molecule has 140 valence electrons. The molecule has 3 aromatic heterocycles. The molecule has 0 aliphatic heterocycles. The molecule has 0 saturated heterocycles. The van der Waals surface area contributed by atoms with Gasteiger partial charge in [-0.05, 0) is 48.9 Å². The lowest BCUT2D eigenvalue weighted by molar-refractivity contribution is 0.889. The summed E-state index contributed by atoms with van der Waals surface area (Å²) in [5.41, 5.74) is 7.18. The molecule has 0 atom stereocenters. The van der Waals surface area contributed by atoms with Crippen LogP contribution in [0.25, 0.3) is 31.9 Å². The first-order valence-electron chi connectivity index (χ1n) is 9.33. The van der Waals surface area contributed by atoms with Gasteiger partial charge < -0.3 is 0 Å². The van der Waals surface area contributed by atoms with Gasteiger partial charge in [0.15, 0.2) is 0 Å². The van der Waals surface area contributed by atoms with E-state index in [1.807, 2.05) is 22.7 Å². The molecule has 1 aromatic carbocycles. The minimum Gasteiger partial charge on any atom is -0.172 e. The van der Waals surface area contributed by atoms with Gasteiger partial charge in [0, 0.05) is 30.6 Å². The van der Waals surface area contributed by atoms with E-state index in [2.05, 4.69) is 74.6 Å². The fourth-order valence-electron chi connectivity index (χ4n) is 3.35. The second-order valence-corrected chi connectivity index (χ2v) is 10.4. The van der Waals surface area contributed by atoms with Crippen molar-refractivity contribution in [3.63, 3.8) is 0 Å². The molecule has 0 saturated carbocycles. The third kappa shape index (κ3) is 3.26. The van der Waals surface area contributed by atoms with Crippen molar-refractivity contribution in [1.29, 1.82) is 0 Å². The first-order valence-corrected chi connectivity index (χ1v) is 11.7. The molecule has 3 heterocycles. The molecule has 0 N–H and O–H groups in total. The summed E-state index contributed by atoms with van der Waals surface area (Å²) in [4.78, 5) is 5.51. The Labute approximate surface area is 173 Å². The fourth-order valence-corrected chi connectivity index (χ4v) is 6.33. The molecule has 0 fully saturated rings. The topological polar surface area (TPSA) is 25.8 Å². The van der Waals surface area contributed by atoms with Crippen molar-refractivity contribution >= 4 is 45.4 Å². The largest absolute Gasteiger partial charge is 0.172 e. The van der Waals surface area contributed by atoms with E-state index in [1.54, 1.807) is 0 Å². The van der Waals surface area contributed by atoms with Crippen LogP contribution in [0.15, 0.2) is 24.3 Å². The third-order valence-electron chi connectivity index (χ3n) is 4.92. The lowest BCUT2D eigenvalue weighted by atomic mass is 10.0. The van der Waals surface area contributed by atoms with Crippen LogP contribution in [0.3, 0.4) is 0 Å². The number of fused-ring (bicyclic) bond motifs is 1. The fraction of sp³-hybridized carbons (Fsp3) is 0.364. The Hall–Kier alpha value is -1.56. The predicted octanol–water partition coefficient (Wildman–Crippen LogP) is 8.01. The van der Waals surface area contributed by atoms with Crippen LogP contribution in [-0.2, 0) is 0 Å². The molecule has 0 spiro atoms. The molecule has 0 amide bonds. The zero-order valence-corrected chi connectivity index (χ0v) is 19.0. The molecule has 0 aliphatic carbocycles. The van der Waals surface area contributed by atoms with Gasteiger partial charge in [-0.3, -0.25) is 0 Å². The molecular formula is C22H24N2S3. The summed E-state index contributed by atoms with van der Waals surface area (Å²) < 4.78 is 9.38. The van der Waals surface area contributed by atoms with E-state index >= 15 is 0 Å². The molecule has 5 heteroatoms. The van der Waals surface area contributed by atoms with Gasteiger partial charge >= 0.3 is 0 Å². The highest BCUT2D eigenvalue weighted by Crippen LogP contribution is 2.43. The normalized spacial score (nSPS) is 12.0. The Kier molecular flexibility index (Phi) is 4.95. The Morgan fingerprint density at radius 1 is 0.704 bits per heavy atom. The lowest BCUT2D eigenvalue weighted by Gasteiger charge is -2.06. The van der Waals surface area contributed by atoms with Gasteiger partial charge in [-0.2, -0.15) is 8.75 Å². The number of thiophene rings is 2. The molecule has 0 radical (unpaired) electrons. The number of nitrogens with zero attached hydrogens (tertiary/aromatic N) is 2. The van der Waals surface area contributed by atoms with Crippen LogP contribution in [-0.4, -0.2) is 8.75 Å². The van der Waals surface area contributed by atoms with Crippen LogP contribution < -0.4 is 0 Å². The minimum absolute atomic E-state index is 0.550. The maximum absolute atomic E-state index is 4.69. The van der Waals surface area contributed by atoms with E-state index in [4.69, 9.17) is 0 Å². The zero-order chi connectivity index (χ0) is 19.3. The second kappa shape index (κ2) is 7.12. The molecule has 0 bridgehead atoms. The van der Waals surface area contributed by atoms with E-state index in [1.165, 1.54) is 53.5 Å². The van der Waals surface area contributed by atoms with Crippen molar-refractivity contribution in [3.8, 4) is 20.9 Å². The summed E-state index contributed by atoms with van der Waals surface area (Å²) in [7, 11) is 0. The van der Waals surface area contributed by atoms with Crippen molar-refractivity contribution in [2.24, 2.45) is 0 Å². The van der Waals surface area contributed by atoms with Crippen LogP contribution in [0.2, 0.25) is 0 Å². The van der Waals surface area contributed by atoms with Crippen molar-refractivity contribution in [2.45, 2.75) is 53.4 Å². The van der Waals surface area contributed by atoms with E-state index < -0.39 is 0 Å². The smallest absolute Gasteiger partial charge is 0.114 e. The number of aryl methyl sites for hydroxylation is 2. The molecule has 27 heavy (non-hydrogen) atoms. The van der Waals surface area contributed by atoms with Crippen LogP contribution >= 0.6 is 34.4 Å². The number of hydrogen-bond donors (Lipinski definition) is 0. The molecule has 4 aromatic rings. The van der Waals surface area contributed by atoms with Gasteiger partial charge in [-0.1, -0.05) is 39.8 Å². The predicted molar refractivity (Wildman–Crippen MR) is 122 cm³/mol. The van der Waals surface area contributed by atoms with Crippen LogP contribution in [0.4, 0.5) is 0 Å². The van der Waals surface area contributed by atoms with E-state index in [9.17, 15) is 0 Å². The number of hydrogen-bond acceptors (Lipinski definition) is 5. The van der Waals surface area contributed by atoms with Crippen LogP contribution in [0.5, 0.6) is 0 Å². The van der Waals surface area contributed by atoms with Crippen molar-refractivity contribution in [1.82, 2.24) is 8.75 Å². The lowest BCUT2D eigenvalue weighted by Crippen LogP contribution is -1.84. The summed E-state index contributed by atoms with van der Waals surface area (Å²) in [6.45, 7) is 13.4. The van der Waals surface area contributed by atoms with Crippen molar-refractivity contribution in [3.05, 3.63) is 45.1 Å². The Bertz CT molecular complexity index is 1030. The average molecular weight is 413 g/mol. The van der Waals surface area contributed by atoms with Crippen molar-refractivity contribution < 1.29 is 0 Å². The molecule has 4 rings (SSSR count). The highest BCUT2D eigenvalue weighted by atomic mass is 32.1. The second-order valence-electron chi connectivity index (χ2n) is 7.75. The highest BCUT2D eigenvalue weighted by Gasteiger charge is 2.19. The average Bonchev–Trinajstić information content (AvgIpc) is 3.32. The number of aromatic nitrogens is 2. The summed E-state index contributed by atoms with van der Waals surface area (Å²) in [5.74, 6) is 1.10. The maximum atomic E-state index is 4.69. The van der Waals surface area contributed by atoms with Gasteiger partial charge in [0.05, 0.1) is 11.7 Å². The molecule has 0 unspecified atom stereocenters. The Morgan fingerprint density at radius 3 is 1.44 bits per heavy atom. The number of rotatable bonds is 4. The first kappa shape index (κ1) is 18.8. The summed E-state index contributed by atoms with van der Waals surface area (Å²) in [6, 6.07) is 9.14. The first-order chi connectivity index (χ1) is 12.9. The highest BCUT2D eigenvalue weighted by molar-refractivity contribution is 7.16. The van der Waals surface area contributed by atoms with Gasteiger partial charge in [0.25, 0.3) is 0 Å². The van der Waals surface area contributed by atoms with E-state index in [0.29, 0.717) is 11.8 Å². The van der Waals surface area contributed by atoms with Gasteiger partial charge in [0.2, 0.25) is 0 Å². The zero-order valence-electron chi connectivity index (χ0n) is 16.6. The molecule has 2 nitrogen and oxygen atoms in total. The van der Waals surface area contributed by atoms with Crippen LogP contribution in [0, 0.1) is 13.8 Å². The van der Waals surface area contributed by atoms with Gasteiger partial charge in [-0.25, -0.2) is 0 Å². The van der Waals surface area contributed by atoms with E-state index in [0.717, 1.165) is 11.0 Å². The van der Waals surface area contributed by atoms with Gasteiger partial charge in [0.1, 0.15) is 11.0 Å². The minimum atomic E-state index is 0.550. The maximum Gasteiger partial charge on any atom is 0.114 e. The SMILES string of the molecule is Cc1cc(C(C)C)sc1-c1ccc(-c2sc(C(C)C)cc2C)c2nsnc12. The quantitative estimate of drug-likeness (QED) is 0.339.